The minimum Gasteiger partial charge on any atom is -0.340 e. The maximum atomic E-state index is 12.4. The Balaban J connectivity index is 1.87. The second-order valence-corrected chi connectivity index (χ2v) is 5.60. The molecular formula is C17H24N2O2. The molecule has 1 aliphatic rings. The second kappa shape index (κ2) is 7.93. The number of carbonyl (C=O) groups excluding carboxylic acids is 2. The van der Waals surface area contributed by atoms with Gasteiger partial charge in [0.05, 0.1) is 0 Å². The third kappa shape index (κ3) is 4.39. The molecule has 1 aliphatic heterocycles. The largest absolute Gasteiger partial charge is 0.340 e. The van der Waals surface area contributed by atoms with Crippen LogP contribution in [0.1, 0.15) is 48.9 Å². The molecule has 1 heterocycles. The van der Waals surface area contributed by atoms with E-state index in [-0.39, 0.29) is 24.2 Å². The highest BCUT2D eigenvalue weighted by Crippen LogP contribution is 2.20. The summed E-state index contributed by atoms with van der Waals surface area (Å²) >= 11 is 0. The van der Waals surface area contributed by atoms with E-state index in [1.54, 1.807) is 12.1 Å². The first-order valence-corrected chi connectivity index (χ1v) is 7.80. The lowest BCUT2D eigenvalue weighted by Gasteiger charge is -2.35. The van der Waals surface area contributed by atoms with Crippen LogP contribution in [-0.4, -0.2) is 35.7 Å². The van der Waals surface area contributed by atoms with Gasteiger partial charge in [-0.15, -0.1) is 0 Å². The van der Waals surface area contributed by atoms with Crippen LogP contribution in [0.2, 0.25) is 0 Å². The van der Waals surface area contributed by atoms with Gasteiger partial charge in [0.1, 0.15) is 0 Å². The molecule has 0 aromatic heterocycles. The van der Waals surface area contributed by atoms with Gasteiger partial charge in [-0.1, -0.05) is 30.3 Å². The van der Waals surface area contributed by atoms with Crippen molar-refractivity contribution < 1.29 is 9.59 Å². The zero-order valence-corrected chi connectivity index (χ0v) is 12.5. The van der Waals surface area contributed by atoms with Gasteiger partial charge in [0, 0.05) is 31.0 Å². The minimum atomic E-state index is 0.0383. The number of amides is 1. The van der Waals surface area contributed by atoms with Gasteiger partial charge in [0.15, 0.2) is 5.78 Å². The summed E-state index contributed by atoms with van der Waals surface area (Å²) in [7, 11) is 0. The van der Waals surface area contributed by atoms with Crippen molar-refractivity contribution in [2.75, 3.05) is 13.1 Å². The molecule has 0 aliphatic carbocycles. The Hall–Kier alpha value is -1.68. The van der Waals surface area contributed by atoms with E-state index in [0.29, 0.717) is 18.5 Å². The van der Waals surface area contributed by atoms with Crippen LogP contribution in [0, 0.1) is 0 Å². The van der Waals surface area contributed by atoms with Gasteiger partial charge < -0.3 is 10.6 Å². The number of nitrogens with zero attached hydrogens (tertiary/aromatic N) is 1. The Kier molecular flexibility index (Phi) is 5.93. The summed E-state index contributed by atoms with van der Waals surface area (Å²) in [6, 6.07) is 9.43. The first-order valence-electron chi connectivity index (χ1n) is 7.80. The van der Waals surface area contributed by atoms with Gasteiger partial charge in [0.2, 0.25) is 5.91 Å². The molecule has 114 valence electrons. The van der Waals surface area contributed by atoms with E-state index in [2.05, 4.69) is 0 Å². The third-order valence-corrected chi connectivity index (χ3v) is 4.11. The first-order chi connectivity index (χ1) is 10.2. The molecule has 21 heavy (non-hydrogen) atoms. The van der Waals surface area contributed by atoms with Crippen molar-refractivity contribution in [3.05, 3.63) is 35.9 Å². The highest BCUT2D eigenvalue weighted by molar-refractivity contribution is 5.97. The smallest absolute Gasteiger partial charge is 0.223 e. The Bertz CT molecular complexity index is 471. The number of hydrogen-bond acceptors (Lipinski definition) is 3. The van der Waals surface area contributed by atoms with Crippen molar-refractivity contribution in [1.82, 2.24) is 4.90 Å². The maximum Gasteiger partial charge on any atom is 0.223 e. The highest BCUT2D eigenvalue weighted by atomic mass is 16.2. The molecule has 1 amide bonds. The van der Waals surface area contributed by atoms with Crippen molar-refractivity contribution in [2.45, 2.75) is 44.6 Å². The Labute approximate surface area is 126 Å². The number of Topliss-reactive ketones (excluding diaryl/α,β-unsaturated/α-hetero) is 1. The molecule has 4 nitrogen and oxygen atoms in total. The molecule has 2 N–H and O–H groups in total. The molecule has 0 spiro atoms. The van der Waals surface area contributed by atoms with Crippen molar-refractivity contribution in [1.29, 1.82) is 0 Å². The predicted octanol–water partition coefficient (Wildman–Crippen LogP) is 2.38. The first kappa shape index (κ1) is 15.7. The molecule has 1 saturated heterocycles. The van der Waals surface area contributed by atoms with Gasteiger partial charge in [-0.25, -0.2) is 0 Å². The normalized spacial score (nSPS) is 18.5. The van der Waals surface area contributed by atoms with Gasteiger partial charge in [-0.3, -0.25) is 9.59 Å². The quantitative estimate of drug-likeness (QED) is 0.817. The fourth-order valence-corrected chi connectivity index (χ4v) is 2.95. The summed E-state index contributed by atoms with van der Waals surface area (Å²) in [5.74, 6) is 0.133. The minimum absolute atomic E-state index is 0.0383. The SMILES string of the molecule is NCCC1CCCCN1C(=O)CCC(=O)c1ccccc1. The summed E-state index contributed by atoms with van der Waals surface area (Å²) in [6.45, 7) is 1.42. The lowest BCUT2D eigenvalue weighted by atomic mass is 9.98. The van der Waals surface area contributed by atoms with E-state index < -0.39 is 0 Å². The van der Waals surface area contributed by atoms with Gasteiger partial charge >= 0.3 is 0 Å². The number of carbonyl (C=O) groups is 2. The van der Waals surface area contributed by atoms with Gasteiger partial charge in [0.25, 0.3) is 0 Å². The molecule has 1 aromatic carbocycles. The van der Waals surface area contributed by atoms with Gasteiger partial charge in [-0.05, 0) is 32.2 Å². The molecule has 0 saturated carbocycles. The van der Waals surface area contributed by atoms with E-state index in [1.807, 2.05) is 23.1 Å². The zero-order chi connectivity index (χ0) is 15.1. The van der Waals surface area contributed by atoms with E-state index in [4.69, 9.17) is 5.73 Å². The van der Waals surface area contributed by atoms with E-state index in [0.717, 1.165) is 32.2 Å². The van der Waals surface area contributed by atoms with Gasteiger partial charge in [-0.2, -0.15) is 0 Å². The monoisotopic (exact) mass is 288 g/mol. The second-order valence-electron chi connectivity index (χ2n) is 5.60. The summed E-state index contributed by atoms with van der Waals surface area (Å²) in [5.41, 5.74) is 6.31. The van der Waals surface area contributed by atoms with E-state index >= 15 is 0 Å². The summed E-state index contributed by atoms with van der Waals surface area (Å²) < 4.78 is 0. The number of nitrogens with two attached hydrogens (primary N) is 1. The van der Waals surface area contributed by atoms with Crippen LogP contribution < -0.4 is 5.73 Å². The molecule has 1 aromatic rings. The Morgan fingerprint density at radius 1 is 1.14 bits per heavy atom. The standard InChI is InChI=1S/C17H24N2O2/c18-12-11-15-8-4-5-13-19(15)17(21)10-9-16(20)14-6-2-1-3-7-14/h1-3,6-7,15H,4-5,8-13,18H2. The summed E-state index contributed by atoms with van der Waals surface area (Å²) in [5, 5.41) is 0. The lowest BCUT2D eigenvalue weighted by molar-refractivity contribution is -0.134. The van der Waals surface area contributed by atoms with Crippen LogP contribution in [0.3, 0.4) is 0 Å². The van der Waals surface area contributed by atoms with Crippen LogP contribution in [0.25, 0.3) is 0 Å². The Morgan fingerprint density at radius 2 is 1.90 bits per heavy atom. The number of ketones is 1. The fourth-order valence-electron chi connectivity index (χ4n) is 2.95. The molecule has 0 bridgehead atoms. The Morgan fingerprint density at radius 3 is 2.62 bits per heavy atom. The van der Waals surface area contributed by atoms with E-state index in [1.165, 1.54) is 0 Å². The van der Waals surface area contributed by atoms with Crippen LogP contribution in [0.15, 0.2) is 30.3 Å². The number of piperidine rings is 1. The zero-order valence-electron chi connectivity index (χ0n) is 12.5. The van der Waals surface area contributed by atoms with Crippen molar-refractivity contribution >= 4 is 11.7 Å². The molecule has 1 atom stereocenters. The summed E-state index contributed by atoms with van der Waals surface area (Å²) in [6.07, 6.45) is 4.70. The molecule has 1 unspecified atom stereocenters. The topological polar surface area (TPSA) is 63.4 Å². The van der Waals surface area contributed by atoms with Crippen LogP contribution in [0.5, 0.6) is 0 Å². The van der Waals surface area contributed by atoms with E-state index in [9.17, 15) is 9.59 Å². The molecule has 2 rings (SSSR count). The molecule has 1 fully saturated rings. The van der Waals surface area contributed by atoms with Crippen molar-refractivity contribution in [3.8, 4) is 0 Å². The van der Waals surface area contributed by atoms with Crippen molar-refractivity contribution in [3.63, 3.8) is 0 Å². The summed E-state index contributed by atoms with van der Waals surface area (Å²) in [4.78, 5) is 26.3. The number of hydrogen-bond donors (Lipinski definition) is 1. The number of rotatable bonds is 6. The van der Waals surface area contributed by atoms with Crippen LogP contribution in [-0.2, 0) is 4.79 Å². The third-order valence-electron chi connectivity index (χ3n) is 4.11. The van der Waals surface area contributed by atoms with Crippen LogP contribution >= 0.6 is 0 Å². The van der Waals surface area contributed by atoms with Crippen LogP contribution in [0.4, 0.5) is 0 Å². The molecular weight excluding hydrogens is 264 g/mol. The number of likely N-dealkylation sites (tertiary alicyclic amines) is 1. The predicted molar refractivity (Wildman–Crippen MR) is 83.0 cm³/mol. The lowest BCUT2D eigenvalue weighted by Crippen LogP contribution is -2.44. The van der Waals surface area contributed by atoms with Crippen molar-refractivity contribution in [2.24, 2.45) is 5.73 Å². The highest BCUT2D eigenvalue weighted by Gasteiger charge is 2.26. The molecule has 0 radical (unpaired) electrons. The number of benzene rings is 1. The average Bonchev–Trinajstić information content (AvgIpc) is 2.54. The fraction of sp³-hybridized carbons (Fsp3) is 0.529. The molecule has 4 heteroatoms. The average molecular weight is 288 g/mol. The maximum absolute atomic E-state index is 12.4.